The minimum absolute atomic E-state index is 0.250. The van der Waals surface area contributed by atoms with E-state index in [1.807, 2.05) is 48.5 Å². The molecule has 1 atom stereocenters. The molecule has 0 saturated carbocycles. The zero-order valence-corrected chi connectivity index (χ0v) is 17.0. The molecule has 1 aliphatic rings. The molecule has 1 saturated heterocycles. The molecule has 3 aromatic carbocycles. The Hall–Kier alpha value is -3.64. The molecule has 158 valence electrons. The lowest BCUT2D eigenvalue weighted by atomic mass is 10.1. The summed E-state index contributed by atoms with van der Waals surface area (Å²) in [5.41, 5.74) is 0.938. The maximum Gasteiger partial charge on any atom is 0.339 e. The minimum atomic E-state index is -1.02. The fraction of sp³-hybridized carbons (Fsp3) is 0.200. The first-order chi connectivity index (χ1) is 15.2. The number of amides is 1. The molecular weight excluding hydrogens is 394 g/mol. The van der Waals surface area contributed by atoms with Crippen molar-refractivity contribution in [2.24, 2.45) is 0 Å². The van der Waals surface area contributed by atoms with Crippen LogP contribution in [0.1, 0.15) is 22.0 Å². The van der Waals surface area contributed by atoms with Crippen LogP contribution in [0.5, 0.6) is 11.5 Å². The van der Waals surface area contributed by atoms with Crippen molar-refractivity contribution in [1.82, 2.24) is 4.90 Å². The maximum absolute atomic E-state index is 13.1. The number of benzene rings is 3. The van der Waals surface area contributed by atoms with Gasteiger partial charge < -0.3 is 19.1 Å². The fourth-order valence-corrected chi connectivity index (χ4v) is 3.32. The van der Waals surface area contributed by atoms with E-state index in [0.29, 0.717) is 48.9 Å². The van der Waals surface area contributed by atoms with Gasteiger partial charge >= 0.3 is 5.97 Å². The molecule has 1 fully saturated rings. The summed E-state index contributed by atoms with van der Waals surface area (Å²) in [6, 6.07) is 25.1. The molecule has 6 nitrogen and oxygen atoms in total. The number of ether oxygens (including phenoxy) is 3. The Labute approximate surface area is 181 Å². The number of morpholine rings is 1. The first-order valence-electron chi connectivity index (χ1n) is 10.2. The highest BCUT2D eigenvalue weighted by atomic mass is 16.5. The van der Waals surface area contributed by atoms with Crippen molar-refractivity contribution < 1.29 is 23.8 Å². The smallest absolute Gasteiger partial charge is 0.339 e. The molecule has 1 heterocycles. The molecule has 0 bridgehead atoms. The number of esters is 1. The summed E-state index contributed by atoms with van der Waals surface area (Å²) in [7, 11) is 0. The highest BCUT2D eigenvalue weighted by Crippen LogP contribution is 2.25. The van der Waals surface area contributed by atoms with Crippen molar-refractivity contribution >= 4 is 11.9 Å². The number of rotatable bonds is 6. The highest BCUT2D eigenvalue weighted by molar-refractivity contribution is 5.93. The molecule has 0 aromatic heterocycles. The second kappa shape index (κ2) is 9.91. The van der Waals surface area contributed by atoms with E-state index in [4.69, 9.17) is 14.2 Å². The van der Waals surface area contributed by atoms with Gasteiger partial charge in [0.05, 0.1) is 18.8 Å². The van der Waals surface area contributed by atoms with Gasteiger partial charge in [-0.3, -0.25) is 4.79 Å². The van der Waals surface area contributed by atoms with E-state index in [1.54, 1.807) is 41.3 Å². The Morgan fingerprint density at radius 2 is 1.45 bits per heavy atom. The zero-order valence-electron chi connectivity index (χ0n) is 17.0. The van der Waals surface area contributed by atoms with Gasteiger partial charge in [0.25, 0.3) is 5.91 Å². The van der Waals surface area contributed by atoms with Crippen molar-refractivity contribution in [2.75, 3.05) is 26.3 Å². The quantitative estimate of drug-likeness (QED) is 0.562. The predicted molar refractivity (Wildman–Crippen MR) is 115 cm³/mol. The summed E-state index contributed by atoms with van der Waals surface area (Å²) in [5.74, 6) is 0.336. The third-order valence-corrected chi connectivity index (χ3v) is 4.92. The van der Waals surface area contributed by atoms with Gasteiger partial charge in [-0.15, -0.1) is 0 Å². The van der Waals surface area contributed by atoms with Crippen LogP contribution in [0.15, 0.2) is 84.9 Å². The third-order valence-electron chi connectivity index (χ3n) is 4.92. The summed E-state index contributed by atoms with van der Waals surface area (Å²) in [6.07, 6.45) is -1.02. The first-order valence-corrected chi connectivity index (χ1v) is 10.2. The minimum Gasteiger partial charge on any atom is -0.457 e. The Morgan fingerprint density at radius 3 is 2.16 bits per heavy atom. The van der Waals surface area contributed by atoms with Crippen molar-refractivity contribution in [1.29, 1.82) is 0 Å². The molecule has 1 amide bonds. The van der Waals surface area contributed by atoms with Gasteiger partial charge in [-0.2, -0.15) is 0 Å². The Bertz CT molecular complexity index is 1020. The molecule has 31 heavy (non-hydrogen) atoms. The van der Waals surface area contributed by atoms with Crippen LogP contribution in [0.4, 0.5) is 0 Å². The molecule has 0 aliphatic carbocycles. The lowest BCUT2D eigenvalue weighted by Gasteiger charge is -2.30. The standard InChI is InChI=1S/C25H23NO5/c27-24(26-14-16-29-17-15-26)23(19-8-3-1-4-9-19)31-25(28)20-10-7-13-22(18-20)30-21-11-5-2-6-12-21/h1-13,18,23H,14-17H2/t23-/m1/s1. The van der Waals surface area contributed by atoms with Gasteiger partial charge in [-0.1, -0.05) is 54.6 Å². The van der Waals surface area contributed by atoms with Gasteiger partial charge in [0.1, 0.15) is 11.5 Å². The van der Waals surface area contributed by atoms with E-state index in [2.05, 4.69) is 0 Å². The van der Waals surface area contributed by atoms with Crippen LogP contribution in [0.2, 0.25) is 0 Å². The predicted octanol–water partition coefficient (Wildman–Crippen LogP) is 4.24. The Morgan fingerprint density at radius 1 is 0.806 bits per heavy atom. The molecule has 4 rings (SSSR count). The largest absolute Gasteiger partial charge is 0.457 e. The summed E-state index contributed by atoms with van der Waals surface area (Å²) in [6.45, 7) is 1.89. The summed E-state index contributed by atoms with van der Waals surface area (Å²) in [5, 5.41) is 0. The van der Waals surface area contributed by atoms with Crippen molar-refractivity contribution in [2.45, 2.75) is 6.10 Å². The summed E-state index contributed by atoms with van der Waals surface area (Å²) < 4.78 is 16.9. The average molecular weight is 417 g/mol. The monoisotopic (exact) mass is 417 g/mol. The van der Waals surface area contributed by atoms with Gasteiger partial charge in [-0.25, -0.2) is 4.79 Å². The number of hydrogen-bond acceptors (Lipinski definition) is 5. The van der Waals surface area contributed by atoms with Gasteiger partial charge in [-0.05, 0) is 30.3 Å². The molecule has 0 spiro atoms. The second-order valence-electron chi connectivity index (χ2n) is 7.08. The van der Waals surface area contributed by atoms with E-state index in [1.165, 1.54) is 0 Å². The molecule has 0 N–H and O–H groups in total. The lowest BCUT2D eigenvalue weighted by molar-refractivity contribution is -0.145. The summed E-state index contributed by atoms with van der Waals surface area (Å²) in [4.78, 5) is 27.8. The van der Waals surface area contributed by atoms with Gasteiger partial charge in [0.15, 0.2) is 0 Å². The van der Waals surface area contributed by atoms with Crippen LogP contribution in [-0.2, 0) is 14.3 Å². The number of para-hydroxylation sites is 1. The normalized spacial score (nSPS) is 14.5. The average Bonchev–Trinajstić information content (AvgIpc) is 2.84. The summed E-state index contributed by atoms with van der Waals surface area (Å²) >= 11 is 0. The van der Waals surface area contributed by atoms with E-state index in [9.17, 15) is 9.59 Å². The van der Waals surface area contributed by atoms with Gasteiger partial charge in [0, 0.05) is 18.7 Å². The first kappa shape index (κ1) is 20.6. The zero-order chi connectivity index (χ0) is 21.5. The molecule has 1 aliphatic heterocycles. The van der Waals surface area contributed by atoms with E-state index < -0.39 is 12.1 Å². The maximum atomic E-state index is 13.1. The van der Waals surface area contributed by atoms with Crippen LogP contribution in [0.25, 0.3) is 0 Å². The van der Waals surface area contributed by atoms with Crippen LogP contribution in [0, 0.1) is 0 Å². The van der Waals surface area contributed by atoms with Crippen LogP contribution in [0.3, 0.4) is 0 Å². The van der Waals surface area contributed by atoms with Crippen LogP contribution < -0.4 is 4.74 Å². The number of carbonyl (C=O) groups excluding carboxylic acids is 2. The molecular formula is C25H23NO5. The van der Waals surface area contributed by atoms with E-state index >= 15 is 0 Å². The Kier molecular flexibility index (Phi) is 6.59. The molecule has 0 radical (unpaired) electrons. The SMILES string of the molecule is O=C(O[C@@H](C(=O)N1CCOCC1)c1ccccc1)c1cccc(Oc2ccccc2)c1. The second-order valence-corrected chi connectivity index (χ2v) is 7.08. The van der Waals surface area contributed by atoms with Crippen molar-refractivity contribution in [3.63, 3.8) is 0 Å². The van der Waals surface area contributed by atoms with E-state index in [0.717, 1.165) is 0 Å². The molecule has 0 unspecified atom stereocenters. The van der Waals surface area contributed by atoms with Crippen LogP contribution in [-0.4, -0.2) is 43.1 Å². The highest BCUT2D eigenvalue weighted by Gasteiger charge is 2.30. The van der Waals surface area contributed by atoms with Crippen LogP contribution >= 0.6 is 0 Å². The molecule has 6 heteroatoms. The lowest BCUT2D eigenvalue weighted by Crippen LogP contribution is -2.44. The third kappa shape index (κ3) is 5.29. The number of hydrogen-bond donors (Lipinski definition) is 0. The Balaban J connectivity index is 1.53. The van der Waals surface area contributed by atoms with Gasteiger partial charge in [0.2, 0.25) is 6.10 Å². The molecule has 3 aromatic rings. The van der Waals surface area contributed by atoms with Crippen molar-refractivity contribution in [3.05, 3.63) is 96.1 Å². The topological polar surface area (TPSA) is 65.1 Å². The fourth-order valence-electron chi connectivity index (χ4n) is 3.32. The van der Waals surface area contributed by atoms with Crippen molar-refractivity contribution in [3.8, 4) is 11.5 Å². The number of nitrogens with zero attached hydrogens (tertiary/aromatic N) is 1. The van der Waals surface area contributed by atoms with E-state index in [-0.39, 0.29) is 5.91 Å². The number of carbonyl (C=O) groups is 2.